The van der Waals surface area contributed by atoms with E-state index in [2.05, 4.69) is 24.5 Å². The first-order chi connectivity index (χ1) is 5.15. The molecule has 0 spiro atoms. The summed E-state index contributed by atoms with van der Waals surface area (Å²) < 4.78 is 2.10. The molecule has 11 heavy (non-hydrogen) atoms. The smallest absolute Gasteiger partial charge is 0.101 e. The lowest BCUT2D eigenvalue weighted by atomic mass is 10.3. The van der Waals surface area contributed by atoms with E-state index in [1.165, 1.54) is 0 Å². The molecule has 0 fully saturated rings. The molecule has 0 atom stereocenters. The fraction of sp³-hybridized carbons (Fsp3) is 0.444. The van der Waals surface area contributed by atoms with Crippen LogP contribution in [0.4, 0.5) is 0 Å². The van der Waals surface area contributed by atoms with Gasteiger partial charge in [-0.2, -0.15) is 5.26 Å². The zero-order valence-electron chi connectivity index (χ0n) is 7.13. The van der Waals surface area contributed by atoms with Gasteiger partial charge >= 0.3 is 0 Å². The maximum atomic E-state index is 8.59. The Bertz CT molecular complexity index is 289. The van der Waals surface area contributed by atoms with Crippen LogP contribution >= 0.6 is 0 Å². The van der Waals surface area contributed by atoms with Gasteiger partial charge in [0.05, 0.1) is 5.56 Å². The Morgan fingerprint density at radius 1 is 1.55 bits per heavy atom. The highest BCUT2D eigenvalue weighted by Gasteiger charge is 2.02. The van der Waals surface area contributed by atoms with Crippen LogP contribution in [0.15, 0.2) is 12.3 Å². The van der Waals surface area contributed by atoms with Crippen LogP contribution in [0, 0.1) is 18.3 Å². The third kappa shape index (κ3) is 1.43. The van der Waals surface area contributed by atoms with Crippen LogP contribution in [0.3, 0.4) is 0 Å². The monoisotopic (exact) mass is 148 g/mol. The predicted octanol–water partition coefficient (Wildman–Crippen LogP) is 2.25. The van der Waals surface area contributed by atoms with Crippen molar-refractivity contribution in [2.24, 2.45) is 0 Å². The maximum Gasteiger partial charge on any atom is 0.101 e. The van der Waals surface area contributed by atoms with Crippen LogP contribution in [0.1, 0.15) is 31.1 Å². The highest BCUT2D eigenvalue weighted by molar-refractivity contribution is 5.30. The minimum Gasteiger partial charge on any atom is -0.348 e. The Balaban J connectivity index is 3.09. The highest BCUT2D eigenvalue weighted by Crippen LogP contribution is 2.12. The fourth-order valence-electron chi connectivity index (χ4n) is 1.21. The molecular formula is C9H12N2. The van der Waals surface area contributed by atoms with Gasteiger partial charge in [0.1, 0.15) is 6.07 Å². The molecule has 0 saturated carbocycles. The van der Waals surface area contributed by atoms with E-state index in [1.54, 1.807) is 0 Å². The second-order valence-corrected chi connectivity index (χ2v) is 2.98. The number of aromatic nitrogens is 1. The van der Waals surface area contributed by atoms with Crippen LogP contribution in [-0.2, 0) is 0 Å². The summed E-state index contributed by atoms with van der Waals surface area (Å²) in [5.74, 6) is 0. The average molecular weight is 148 g/mol. The lowest BCUT2D eigenvalue weighted by Crippen LogP contribution is -1.99. The topological polar surface area (TPSA) is 28.7 Å². The normalized spacial score (nSPS) is 10.1. The summed E-state index contributed by atoms with van der Waals surface area (Å²) in [5.41, 5.74) is 1.90. The molecule has 2 heteroatoms. The Morgan fingerprint density at radius 2 is 2.18 bits per heavy atom. The molecular weight excluding hydrogens is 136 g/mol. The molecule has 0 unspecified atom stereocenters. The number of nitriles is 1. The lowest BCUT2D eigenvalue weighted by Gasteiger charge is -2.08. The van der Waals surface area contributed by atoms with Crippen molar-refractivity contribution < 1.29 is 0 Å². The molecule has 0 saturated heterocycles. The summed E-state index contributed by atoms with van der Waals surface area (Å²) in [5, 5.41) is 8.59. The number of nitrogens with zero attached hydrogens (tertiary/aromatic N) is 2. The van der Waals surface area contributed by atoms with E-state index in [0.29, 0.717) is 6.04 Å². The second kappa shape index (κ2) is 2.79. The second-order valence-electron chi connectivity index (χ2n) is 2.98. The lowest BCUT2D eigenvalue weighted by molar-refractivity contribution is 0.589. The molecule has 0 aliphatic heterocycles. The van der Waals surface area contributed by atoms with Gasteiger partial charge in [-0.05, 0) is 26.8 Å². The van der Waals surface area contributed by atoms with Gasteiger partial charge in [0, 0.05) is 17.9 Å². The van der Waals surface area contributed by atoms with Crippen molar-refractivity contribution >= 4 is 0 Å². The zero-order valence-corrected chi connectivity index (χ0v) is 7.13. The van der Waals surface area contributed by atoms with Crippen molar-refractivity contribution in [1.29, 1.82) is 5.26 Å². The third-order valence-electron chi connectivity index (χ3n) is 1.74. The minimum atomic E-state index is 0.442. The van der Waals surface area contributed by atoms with E-state index >= 15 is 0 Å². The van der Waals surface area contributed by atoms with Crippen molar-refractivity contribution in [3.63, 3.8) is 0 Å². The van der Waals surface area contributed by atoms with Crippen LogP contribution in [0.2, 0.25) is 0 Å². The van der Waals surface area contributed by atoms with Crippen LogP contribution in [0.25, 0.3) is 0 Å². The van der Waals surface area contributed by atoms with Gasteiger partial charge in [-0.25, -0.2) is 0 Å². The highest BCUT2D eigenvalue weighted by atomic mass is 15.0. The largest absolute Gasteiger partial charge is 0.348 e. The van der Waals surface area contributed by atoms with Gasteiger partial charge in [-0.1, -0.05) is 0 Å². The van der Waals surface area contributed by atoms with Crippen LogP contribution in [-0.4, -0.2) is 4.57 Å². The molecule has 2 nitrogen and oxygen atoms in total. The van der Waals surface area contributed by atoms with Crippen molar-refractivity contribution in [3.05, 3.63) is 23.5 Å². The fourth-order valence-corrected chi connectivity index (χ4v) is 1.21. The predicted molar refractivity (Wildman–Crippen MR) is 44.3 cm³/mol. The molecule has 0 bridgehead atoms. The first-order valence-electron chi connectivity index (χ1n) is 3.73. The van der Waals surface area contributed by atoms with Crippen LogP contribution in [0.5, 0.6) is 0 Å². The van der Waals surface area contributed by atoms with Gasteiger partial charge in [0.2, 0.25) is 0 Å². The standard InChI is InChI=1S/C9H12N2/c1-7(2)11-6-9(5-10)4-8(11)3/h4,6-7H,1-3H3. The quantitative estimate of drug-likeness (QED) is 0.600. The first-order valence-corrected chi connectivity index (χ1v) is 3.73. The summed E-state index contributed by atoms with van der Waals surface area (Å²) >= 11 is 0. The van der Waals surface area contributed by atoms with Gasteiger partial charge in [0.15, 0.2) is 0 Å². The summed E-state index contributed by atoms with van der Waals surface area (Å²) in [7, 11) is 0. The Hall–Kier alpha value is -1.23. The first kappa shape index (κ1) is 7.87. The van der Waals surface area contributed by atoms with Crippen molar-refractivity contribution in [2.45, 2.75) is 26.8 Å². The number of rotatable bonds is 1. The maximum absolute atomic E-state index is 8.59. The summed E-state index contributed by atoms with van der Waals surface area (Å²) in [4.78, 5) is 0. The Labute approximate surface area is 67.1 Å². The summed E-state index contributed by atoms with van der Waals surface area (Å²) in [6.07, 6.45) is 1.89. The van der Waals surface area contributed by atoms with Gasteiger partial charge in [-0.15, -0.1) is 0 Å². The van der Waals surface area contributed by atoms with E-state index in [-0.39, 0.29) is 0 Å². The van der Waals surface area contributed by atoms with Gasteiger partial charge in [0.25, 0.3) is 0 Å². The molecule has 0 N–H and O–H groups in total. The van der Waals surface area contributed by atoms with Crippen molar-refractivity contribution in [1.82, 2.24) is 4.57 Å². The van der Waals surface area contributed by atoms with E-state index in [1.807, 2.05) is 19.2 Å². The van der Waals surface area contributed by atoms with E-state index in [4.69, 9.17) is 5.26 Å². The van der Waals surface area contributed by atoms with Gasteiger partial charge in [-0.3, -0.25) is 0 Å². The third-order valence-corrected chi connectivity index (χ3v) is 1.74. The Kier molecular flexibility index (Phi) is 2.00. The van der Waals surface area contributed by atoms with E-state index in [0.717, 1.165) is 11.3 Å². The molecule has 1 heterocycles. The average Bonchev–Trinajstić information content (AvgIpc) is 2.30. The van der Waals surface area contributed by atoms with Crippen LogP contribution < -0.4 is 0 Å². The summed E-state index contributed by atoms with van der Waals surface area (Å²) in [6, 6.07) is 4.47. The SMILES string of the molecule is Cc1cc(C#N)cn1C(C)C. The number of hydrogen-bond acceptors (Lipinski definition) is 1. The molecule has 1 aromatic rings. The molecule has 0 aromatic carbocycles. The molecule has 1 aromatic heterocycles. The van der Waals surface area contributed by atoms with E-state index < -0.39 is 0 Å². The molecule has 0 aliphatic carbocycles. The zero-order chi connectivity index (χ0) is 8.43. The molecule has 0 aliphatic rings. The van der Waals surface area contributed by atoms with Crippen molar-refractivity contribution in [3.8, 4) is 6.07 Å². The summed E-state index contributed by atoms with van der Waals surface area (Å²) in [6.45, 7) is 6.23. The molecule has 0 radical (unpaired) electrons. The van der Waals surface area contributed by atoms with Crippen molar-refractivity contribution in [2.75, 3.05) is 0 Å². The minimum absolute atomic E-state index is 0.442. The number of hydrogen-bond donors (Lipinski definition) is 0. The Morgan fingerprint density at radius 3 is 2.45 bits per heavy atom. The molecule has 0 amide bonds. The molecule has 58 valence electrons. The number of aryl methyl sites for hydroxylation is 1. The van der Waals surface area contributed by atoms with Gasteiger partial charge < -0.3 is 4.57 Å². The van der Waals surface area contributed by atoms with E-state index in [9.17, 15) is 0 Å². The molecule has 1 rings (SSSR count).